The van der Waals surface area contributed by atoms with Crippen molar-refractivity contribution in [1.29, 1.82) is 0 Å². The van der Waals surface area contributed by atoms with Crippen LogP contribution in [-0.2, 0) is 16.1 Å². The van der Waals surface area contributed by atoms with E-state index in [1.807, 2.05) is 29.8 Å². The highest BCUT2D eigenvalue weighted by Gasteiger charge is 2.34. The SMILES string of the molecule is O=C(NCCn1ccc(-c2cccs2)n1)C1CC(=O)N(c2ccc(F)cc2)C1. The lowest BCUT2D eigenvalue weighted by atomic mass is 10.1. The Morgan fingerprint density at radius 1 is 1.25 bits per heavy atom. The summed E-state index contributed by atoms with van der Waals surface area (Å²) in [5.41, 5.74) is 1.53. The summed E-state index contributed by atoms with van der Waals surface area (Å²) in [4.78, 5) is 27.3. The van der Waals surface area contributed by atoms with Crippen LogP contribution in [0.1, 0.15) is 6.42 Å². The van der Waals surface area contributed by atoms with Gasteiger partial charge in [0, 0.05) is 31.4 Å². The zero-order valence-electron chi connectivity index (χ0n) is 15.0. The smallest absolute Gasteiger partial charge is 0.227 e. The van der Waals surface area contributed by atoms with Gasteiger partial charge in [-0.3, -0.25) is 14.3 Å². The maximum absolute atomic E-state index is 13.1. The zero-order chi connectivity index (χ0) is 19.5. The molecule has 1 aliphatic heterocycles. The van der Waals surface area contributed by atoms with E-state index in [2.05, 4.69) is 10.4 Å². The first-order valence-electron chi connectivity index (χ1n) is 9.01. The first-order chi connectivity index (χ1) is 13.6. The van der Waals surface area contributed by atoms with Crippen LogP contribution in [0.15, 0.2) is 54.0 Å². The van der Waals surface area contributed by atoms with Crippen LogP contribution in [0.4, 0.5) is 10.1 Å². The van der Waals surface area contributed by atoms with E-state index in [1.54, 1.807) is 28.2 Å². The Kier molecular flexibility index (Phi) is 5.21. The van der Waals surface area contributed by atoms with E-state index in [1.165, 1.54) is 17.0 Å². The number of thiophene rings is 1. The number of rotatable bonds is 6. The van der Waals surface area contributed by atoms with Crippen molar-refractivity contribution in [3.8, 4) is 10.6 Å². The van der Waals surface area contributed by atoms with Gasteiger partial charge in [-0.25, -0.2) is 4.39 Å². The van der Waals surface area contributed by atoms with E-state index in [0.29, 0.717) is 25.3 Å². The summed E-state index contributed by atoms with van der Waals surface area (Å²) < 4.78 is 14.9. The summed E-state index contributed by atoms with van der Waals surface area (Å²) in [6, 6.07) is 11.7. The molecule has 8 heteroatoms. The summed E-state index contributed by atoms with van der Waals surface area (Å²) in [6.45, 7) is 1.30. The summed E-state index contributed by atoms with van der Waals surface area (Å²) in [6.07, 6.45) is 2.05. The van der Waals surface area contributed by atoms with Crippen molar-refractivity contribution in [2.45, 2.75) is 13.0 Å². The third kappa shape index (κ3) is 3.96. The molecule has 2 amide bonds. The molecule has 0 bridgehead atoms. The Balaban J connectivity index is 1.28. The molecule has 0 aliphatic carbocycles. The van der Waals surface area contributed by atoms with Crippen LogP contribution in [0.3, 0.4) is 0 Å². The standard InChI is InChI=1S/C20H19FN4O2S/c21-15-3-5-16(6-4-15)25-13-14(12-19(25)26)20(27)22-8-10-24-9-7-17(23-24)18-2-1-11-28-18/h1-7,9,11,14H,8,10,12-13H2,(H,22,27). The number of nitrogens with zero attached hydrogens (tertiary/aromatic N) is 3. The fraction of sp³-hybridized carbons (Fsp3) is 0.250. The third-order valence-corrected chi connectivity index (χ3v) is 5.58. The van der Waals surface area contributed by atoms with E-state index >= 15 is 0 Å². The largest absolute Gasteiger partial charge is 0.354 e. The van der Waals surface area contributed by atoms with Gasteiger partial charge in [0.2, 0.25) is 11.8 Å². The van der Waals surface area contributed by atoms with Crippen molar-refractivity contribution in [3.63, 3.8) is 0 Å². The Morgan fingerprint density at radius 3 is 2.82 bits per heavy atom. The number of anilines is 1. The van der Waals surface area contributed by atoms with Gasteiger partial charge in [0.15, 0.2) is 0 Å². The molecule has 1 N–H and O–H groups in total. The van der Waals surface area contributed by atoms with Gasteiger partial charge < -0.3 is 10.2 Å². The molecule has 3 heterocycles. The predicted octanol–water partition coefficient (Wildman–Crippen LogP) is 2.92. The van der Waals surface area contributed by atoms with Crippen LogP contribution in [0.2, 0.25) is 0 Å². The second kappa shape index (κ2) is 7.93. The summed E-state index contributed by atoms with van der Waals surface area (Å²) in [7, 11) is 0. The average molecular weight is 398 g/mol. The first-order valence-corrected chi connectivity index (χ1v) is 9.89. The fourth-order valence-electron chi connectivity index (χ4n) is 3.23. The molecule has 1 aliphatic rings. The number of aromatic nitrogens is 2. The maximum Gasteiger partial charge on any atom is 0.227 e. The minimum absolute atomic E-state index is 0.126. The zero-order valence-corrected chi connectivity index (χ0v) is 15.9. The number of amides is 2. The molecule has 0 saturated carbocycles. The molecule has 28 heavy (non-hydrogen) atoms. The Morgan fingerprint density at radius 2 is 2.07 bits per heavy atom. The lowest BCUT2D eigenvalue weighted by molar-refractivity contribution is -0.126. The van der Waals surface area contributed by atoms with Crippen LogP contribution >= 0.6 is 11.3 Å². The van der Waals surface area contributed by atoms with E-state index < -0.39 is 5.92 Å². The molecule has 3 aromatic rings. The third-order valence-electron chi connectivity index (χ3n) is 4.69. The molecular weight excluding hydrogens is 379 g/mol. The van der Waals surface area contributed by atoms with Crippen LogP contribution < -0.4 is 10.2 Å². The van der Waals surface area contributed by atoms with Gasteiger partial charge in [-0.05, 0) is 41.8 Å². The van der Waals surface area contributed by atoms with Crippen molar-refractivity contribution in [1.82, 2.24) is 15.1 Å². The molecule has 1 aromatic carbocycles. The molecule has 6 nitrogen and oxygen atoms in total. The molecule has 1 atom stereocenters. The molecule has 1 saturated heterocycles. The van der Waals surface area contributed by atoms with Crippen molar-refractivity contribution < 1.29 is 14.0 Å². The van der Waals surface area contributed by atoms with Crippen molar-refractivity contribution in [2.24, 2.45) is 5.92 Å². The molecule has 4 rings (SSSR count). The second-order valence-electron chi connectivity index (χ2n) is 6.61. The van der Waals surface area contributed by atoms with Crippen molar-refractivity contribution in [3.05, 3.63) is 59.9 Å². The highest BCUT2D eigenvalue weighted by Crippen LogP contribution is 2.25. The van der Waals surface area contributed by atoms with Crippen molar-refractivity contribution >= 4 is 28.8 Å². The quantitative estimate of drug-likeness (QED) is 0.694. The maximum atomic E-state index is 13.1. The molecule has 2 aromatic heterocycles. The minimum Gasteiger partial charge on any atom is -0.354 e. The lowest BCUT2D eigenvalue weighted by Crippen LogP contribution is -2.34. The van der Waals surface area contributed by atoms with E-state index in [9.17, 15) is 14.0 Å². The normalized spacial score (nSPS) is 16.5. The van der Waals surface area contributed by atoms with Gasteiger partial charge in [0.05, 0.1) is 17.3 Å². The Bertz CT molecular complexity index is 969. The molecule has 1 unspecified atom stereocenters. The van der Waals surface area contributed by atoms with Crippen LogP contribution in [0.25, 0.3) is 10.6 Å². The monoisotopic (exact) mass is 398 g/mol. The van der Waals surface area contributed by atoms with Gasteiger partial charge in [-0.15, -0.1) is 11.3 Å². The van der Waals surface area contributed by atoms with E-state index in [4.69, 9.17) is 0 Å². The number of hydrogen-bond acceptors (Lipinski definition) is 4. The molecule has 0 spiro atoms. The first kappa shape index (κ1) is 18.4. The Hall–Kier alpha value is -3.00. The van der Waals surface area contributed by atoms with Crippen molar-refractivity contribution in [2.75, 3.05) is 18.0 Å². The summed E-state index contributed by atoms with van der Waals surface area (Å²) in [5.74, 6) is -1.04. The summed E-state index contributed by atoms with van der Waals surface area (Å²) in [5, 5.41) is 9.39. The van der Waals surface area contributed by atoms with Gasteiger partial charge >= 0.3 is 0 Å². The van der Waals surface area contributed by atoms with Gasteiger partial charge in [-0.2, -0.15) is 5.10 Å². The minimum atomic E-state index is -0.406. The van der Waals surface area contributed by atoms with Crippen LogP contribution in [0.5, 0.6) is 0 Å². The molecular formula is C20H19FN4O2S. The number of carbonyl (C=O) groups is 2. The van der Waals surface area contributed by atoms with Gasteiger partial charge in [-0.1, -0.05) is 6.07 Å². The predicted molar refractivity (Wildman–Crippen MR) is 105 cm³/mol. The van der Waals surface area contributed by atoms with Crippen LogP contribution in [-0.4, -0.2) is 34.7 Å². The number of halogens is 1. The lowest BCUT2D eigenvalue weighted by Gasteiger charge is -2.16. The van der Waals surface area contributed by atoms with Gasteiger partial charge in [0.1, 0.15) is 11.5 Å². The highest BCUT2D eigenvalue weighted by atomic mass is 32.1. The number of benzene rings is 1. The average Bonchev–Trinajstić information content (AvgIpc) is 3.43. The van der Waals surface area contributed by atoms with E-state index in [0.717, 1.165) is 10.6 Å². The number of nitrogens with one attached hydrogen (secondary N) is 1. The van der Waals surface area contributed by atoms with E-state index in [-0.39, 0.29) is 24.1 Å². The molecule has 0 radical (unpaired) electrons. The Labute approximate surface area is 165 Å². The second-order valence-corrected chi connectivity index (χ2v) is 7.56. The summed E-state index contributed by atoms with van der Waals surface area (Å²) >= 11 is 1.63. The molecule has 144 valence electrons. The molecule has 1 fully saturated rings. The number of carbonyl (C=O) groups excluding carboxylic acids is 2. The fourth-order valence-corrected chi connectivity index (χ4v) is 3.92. The number of hydrogen-bond donors (Lipinski definition) is 1. The van der Waals surface area contributed by atoms with Crippen LogP contribution in [0, 0.1) is 11.7 Å². The van der Waals surface area contributed by atoms with Gasteiger partial charge in [0.25, 0.3) is 0 Å². The highest BCUT2D eigenvalue weighted by molar-refractivity contribution is 7.13. The topological polar surface area (TPSA) is 67.2 Å².